The molecule has 1 aromatic heterocycles. The van der Waals surface area contributed by atoms with Crippen molar-refractivity contribution in [2.24, 2.45) is 0 Å². The monoisotopic (exact) mass is 180 g/mol. The first kappa shape index (κ1) is 10.0. The number of Topliss-reactive ketones (excluding diaryl/α,β-unsaturated/α-hetero) is 1. The van der Waals surface area contributed by atoms with Gasteiger partial charge >= 0.3 is 0 Å². The van der Waals surface area contributed by atoms with Gasteiger partial charge in [-0.1, -0.05) is 20.8 Å². The molecule has 0 aromatic carbocycles. The van der Waals surface area contributed by atoms with E-state index in [1.807, 2.05) is 26.8 Å². The summed E-state index contributed by atoms with van der Waals surface area (Å²) in [5, 5.41) is 0. The van der Waals surface area contributed by atoms with E-state index in [4.69, 9.17) is 4.42 Å². The van der Waals surface area contributed by atoms with Crippen molar-refractivity contribution in [1.29, 1.82) is 0 Å². The summed E-state index contributed by atoms with van der Waals surface area (Å²) in [7, 11) is 0. The Labute approximate surface area is 78.9 Å². The molecule has 0 atom stereocenters. The standard InChI is InChI=1S/C11H16O2/c1-4-8-7-9(10(12)5-2)11(6-3)13-8/h7H,4-6H2,1-3H3. The van der Waals surface area contributed by atoms with Crippen molar-refractivity contribution in [3.05, 3.63) is 23.2 Å². The molecule has 0 saturated heterocycles. The summed E-state index contributed by atoms with van der Waals surface area (Å²) in [6, 6.07) is 1.88. The van der Waals surface area contributed by atoms with Gasteiger partial charge in [-0.15, -0.1) is 0 Å². The highest BCUT2D eigenvalue weighted by atomic mass is 16.3. The maximum atomic E-state index is 11.5. The van der Waals surface area contributed by atoms with Crippen LogP contribution < -0.4 is 0 Å². The third-order valence-electron chi connectivity index (χ3n) is 2.15. The SMILES string of the molecule is CCC(=O)c1cc(CC)oc1CC. The van der Waals surface area contributed by atoms with Crippen molar-refractivity contribution >= 4 is 5.78 Å². The van der Waals surface area contributed by atoms with Gasteiger partial charge < -0.3 is 4.42 Å². The third kappa shape index (κ3) is 2.00. The summed E-state index contributed by atoms with van der Waals surface area (Å²) in [6.45, 7) is 5.91. The maximum Gasteiger partial charge on any atom is 0.166 e. The summed E-state index contributed by atoms with van der Waals surface area (Å²) >= 11 is 0. The molecule has 1 heterocycles. The van der Waals surface area contributed by atoms with Gasteiger partial charge in [0.2, 0.25) is 0 Å². The number of hydrogen-bond donors (Lipinski definition) is 0. The van der Waals surface area contributed by atoms with Crippen molar-refractivity contribution in [3.63, 3.8) is 0 Å². The average Bonchev–Trinajstić information content (AvgIpc) is 2.59. The minimum absolute atomic E-state index is 0.181. The summed E-state index contributed by atoms with van der Waals surface area (Å²) in [4.78, 5) is 11.5. The minimum atomic E-state index is 0.181. The van der Waals surface area contributed by atoms with Gasteiger partial charge in [0, 0.05) is 19.3 Å². The number of aryl methyl sites for hydroxylation is 2. The molecule has 0 aliphatic rings. The van der Waals surface area contributed by atoms with Crippen LogP contribution in [0, 0.1) is 0 Å². The second-order valence-corrected chi connectivity index (χ2v) is 3.03. The fourth-order valence-electron chi connectivity index (χ4n) is 1.35. The Morgan fingerprint density at radius 2 is 2.00 bits per heavy atom. The number of furan rings is 1. The van der Waals surface area contributed by atoms with Crippen LogP contribution in [0.15, 0.2) is 10.5 Å². The second-order valence-electron chi connectivity index (χ2n) is 3.03. The molecule has 0 aliphatic carbocycles. The van der Waals surface area contributed by atoms with Crippen LogP contribution in [0.5, 0.6) is 0 Å². The normalized spacial score (nSPS) is 10.4. The van der Waals surface area contributed by atoms with Gasteiger partial charge in [-0.05, 0) is 6.07 Å². The van der Waals surface area contributed by atoms with Gasteiger partial charge in [-0.25, -0.2) is 0 Å². The lowest BCUT2D eigenvalue weighted by Gasteiger charge is -1.94. The lowest BCUT2D eigenvalue weighted by atomic mass is 10.1. The quantitative estimate of drug-likeness (QED) is 0.667. The van der Waals surface area contributed by atoms with Gasteiger partial charge in [0.1, 0.15) is 11.5 Å². The zero-order chi connectivity index (χ0) is 9.84. The lowest BCUT2D eigenvalue weighted by Crippen LogP contribution is -1.97. The molecule has 0 bridgehead atoms. The van der Waals surface area contributed by atoms with Gasteiger partial charge in [0.05, 0.1) is 5.56 Å². The topological polar surface area (TPSA) is 30.2 Å². The molecule has 72 valence electrons. The molecular weight excluding hydrogens is 164 g/mol. The first-order valence-electron chi connectivity index (χ1n) is 4.87. The Bertz CT molecular complexity index is 297. The molecule has 2 nitrogen and oxygen atoms in total. The van der Waals surface area contributed by atoms with E-state index in [1.54, 1.807) is 0 Å². The molecule has 0 aliphatic heterocycles. The molecule has 0 amide bonds. The Balaban J connectivity index is 3.03. The van der Waals surface area contributed by atoms with Crippen molar-refractivity contribution in [2.75, 3.05) is 0 Å². The number of carbonyl (C=O) groups excluding carboxylic acids is 1. The third-order valence-corrected chi connectivity index (χ3v) is 2.15. The molecule has 0 unspecified atom stereocenters. The van der Waals surface area contributed by atoms with Crippen molar-refractivity contribution in [1.82, 2.24) is 0 Å². The first-order chi connectivity index (χ1) is 6.22. The molecule has 0 spiro atoms. The van der Waals surface area contributed by atoms with E-state index in [0.29, 0.717) is 6.42 Å². The molecule has 0 radical (unpaired) electrons. The highest BCUT2D eigenvalue weighted by Crippen LogP contribution is 2.18. The van der Waals surface area contributed by atoms with E-state index in [2.05, 4.69) is 0 Å². The fourth-order valence-corrected chi connectivity index (χ4v) is 1.35. The Morgan fingerprint density at radius 1 is 1.31 bits per heavy atom. The van der Waals surface area contributed by atoms with E-state index in [1.165, 1.54) is 0 Å². The van der Waals surface area contributed by atoms with E-state index < -0.39 is 0 Å². The summed E-state index contributed by atoms with van der Waals surface area (Å²) in [5.41, 5.74) is 0.779. The van der Waals surface area contributed by atoms with Gasteiger partial charge in [-0.3, -0.25) is 4.79 Å². The van der Waals surface area contributed by atoms with E-state index in [0.717, 1.165) is 29.9 Å². The predicted octanol–water partition coefficient (Wildman–Crippen LogP) is 3.00. The van der Waals surface area contributed by atoms with Gasteiger partial charge in [0.15, 0.2) is 5.78 Å². The largest absolute Gasteiger partial charge is 0.465 e. The first-order valence-corrected chi connectivity index (χ1v) is 4.87. The van der Waals surface area contributed by atoms with Crippen LogP contribution in [-0.4, -0.2) is 5.78 Å². The molecule has 1 rings (SSSR count). The Kier molecular flexibility index (Phi) is 3.29. The van der Waals surface area contributed by atoms with Gasteiger partial charge in [-0.2, -0.15) is 0 Å². The van der Waals surface area contributed by atoms with Crippen LogP contribution in [0.2, 0.25) is 0 Å². The number of carbonyl (C=O) groups is 1. The minimum Gasteiger partial charge on any atom is -0.465 e. The van der Waals surface area contributed by atoms with E-state index in [-0.39, 0.29) is 5.78 Å². The van der Waals surface area contributed by atoms with Crippen LogP contribution >= 0.6 is 0 Å². The number of ketones is 1. The molecule has 13 heavy (non-hydrogen) atoms. The highest BCUT2D eigenvalue weighted by molar-refractivity contribution is 5.96. The number of rotatable bonds is 4. The van der Waals surface area contributed by atoms with Gasteiger partial charge in [0.25, 0.3) is 0 Å². The van der Waals surface area contributed by atoms with Crippen LogP contribution in [0.1, 0.15) is 49.1 Å². The van der Waals surface area contributed by atoms with Crippen LogP contribution in [0.3, 0.4) is 0 Å². The number of hydrogen-bond acceptors (Lipinski definition) is 2. The van der Waals surface area contributed by atoms with Crippen molar-refractivity contribution in [2.45, 2.75) is 40.0 Å². The molecule has 2 heteroatoms. The molecule has 0 N–H and O–H groups in total. The van der Waals surface area contributed by atoms with Crippen LogP contribution in [-0.2, 0) is 12.8 Å². The zero-order valence-electron chi connectivity index (χ0n) is 8.52. The van der Waals surface area contributed by atoms with Crippen LogP contribution in [0.25, 0.3) is 0 Å². The van der Waals surface area contributed by atoms with E-state index in [9.17, 15) is 4.79 Å². The van der Waals surface area contributed by atoms with Crippen molar-refractivity contribution < 1.29 is 9.21 Å². The lowest BCUT2D eigenvalue weighted by molar-refractivity contribution is 0.0986. The predicted molar refractivity (Wildman–Crippen MR) is 52.1 cm³/mol. The Morgan fingerprint density at radius 3 is 2.46 bits per heavy atom. The van der Waals surface area contributed by atoms with Crippen LogP contribution in [0.4, 0.5) is 0 Å². The molecule has 0 fully saturated rings. The highest BCUT2D eigenvalue weighted by Gasteiger charge is 2.13. The molecule has 0 saturated carbocycles. The summed E-state index contributed by atoms with van der Waals surface area (Å²) in [6.07, 6.45) is 2.20. The second kappa shape index (κ2) is 4.26. The average molecular weight is 180 g/mol. The zero-order valence-corrected chi connectivity index (χ0v) is 8.52. The fraction of sp³-hybridized carbons (Fsp3) is 0.545. The van der Waals surface area contributed by atoms with Crippen molar-refractivity contribution in [3.8, 4) is 0 Å². The molecular formula is C11H16O2. The smallest absolute Gasteiger partial charge is 0.166 e. The maximum absolute atomic E-state index is 11.5. The molecule has 1 aromatic rings. The van der Waals surface area contributed by atoms with E-state index >= 15 is 0 Å². The summed E-state index contributed by atoms with van der Waals surface area (Å²) in [5.74, 6) is 1.93. The summed E-state index contributed by atoms with van der Waals surface area (Å²) < 4.78 is 5.52. The Hall–Kier alpha value is -1.05.